The van der Waals surface area contributed by atoms with Crippen molar-refractivity contribution in [2.45, 2.75) is 17.7 Å². The van der Waals surface area contributed by atoms with Gasteiger partial charge in [0.1, 0.15) is 4.34 Å². The number of nitrogens with zero attached hydrogens (tertiary/aromatic N) is 1. The molecule has 0 atom stereocenters. The predicted octanol–water partition coefficient (Wildman–Crippen LogP) is 3.22. The van der Waals surface area contributed by atoms with Gasteiger partial charge in [-0.25, -0.2) is 13.4 Å². The molecule has 3 rings (SSSR count). The number of sulfone groups is 1. The predicted molar refractivity (Wildman–Crippen MR) is 109 cm³/mol. The van der Waals surface area contributed by atoms with Gasteiger partial charge in [-0.3, -0.25) is 10.1 Å². The molecular weight excluding hydrogens is 406 g/mol. The SMILES string of the molecule is CS(=O)(=O)c1ccc(C(=CC2CCNCC2)C(=O)Nc2ncc(Cl)s2)cc1. The number of hydrogen-bond acceptors (Lipinski definition) is 6. The summed E-state index contributed by atoms with van der Waals surface area (Å²) >= 11 is 7.07. The first-order valence-corrected chi connectivity index (χ1v) is 11.6. The maximum atomic E-state index is 12.9. The minimum Gasteiger partial charge on any atom is -0.317 e. The lowest BCUT2D eigenvalue weighted by molar-refractivity contribution is -0.111. The number of halogens is 1. The van der Waals surface area contributed by atoms with Crippen molar-refractivity contribution in [1.82, 2.24) is 10.3 Å². The van der Waals surface area contributed by atoms with Crippen molar-refractivity contribution in [1.29, 1.82) is 0 Å². The molecule has 2 N–H and O–H groups in total. The number of piperidine rings is 1. The summed E-state index contributed by atoms with van der Waals surface area (Å²) in [7, 11) is -3.29. The Hall–Kier alpha value is -1.74. The van der Waals surface area contributed by atoms with Crippen LogP contribution >= 0.6 is 22.9 Å². The molecule has 1 fully saturated rings. The number of hydrogen-bond donors (Lipinski definition) is 2. The molecule has 1 amide bonds. The van der Waals surface area contributed by atoms with Gasteiger partial charge < -0.3 is 5.32 Å². The molecule has 6 nitrogen and oxygen atoms in total. The Morgan fingerprint density at radius 1 is 1.30 bits per heavy atom. The summed E-state index contributed by atoms with van der Waals surface area (Å²) < 4.78 is 23.9. The summed E-state index contributed by atoms with van der Waals surface area (Å²) in [6.45, 7) is 1.82. The van der Waals surface area contributed by atoms with Crippen molar-refractivity contribution in [3.8, 4) is 0 Å². The van der Waals surface area contributed by atoms with Crippen molar-refractivity contribution in [2.75, 3.05) is 24.7 Å². The fraction of sp³-hybridized carbons (Fsp3) is 0.333. The lowest BCUT2D eigenvalue weighted by atomic mass is 9.92. The minimum absolute atomic E-state index is 0.222. The zero-order valence-corrected chi connectivity index (χ0v) is 17.1. The summed E-state index contributed by atoms with van der Waals surface area (Å²) in [5.41, 5.74) is 1.18. The van der Waals surface area contributed by atoms with Gasteiger partial charge in [0.15, 0.2) is 15.0 Å². The van der Waals surface area contributed by atoms with E-state index in [4.69, 9.17) is 11.6 Å². The molecule has 0 bridgehead atoms. The largest absolute Gasteiger partial charge is 0.317 e. The number of nitrogens with one attached hydrogen (secondary N) is 2. The average molecular weight is 426 g/mol. The number of carbonyl (C=O) groups is 1. The lowest BCUT2D eigenvalue weighted by Crippen LogP contribution is -2.27. The summed E-state index contributed by atoms with van der Waals surface area (Å²) in [4.78, 5) is 17.2. The first kappa shape index (κ1) is 20.0. The van der Waals surface area contributed by atoms with Crippen LogP contribution in [0.25, 0.3) is 5.57 Å². The Bertz CT molecular complexity index is 946. The van der Waals surface area contributed by atoms with Crippen LogP contribution in [0.3, 0.4) is 0 Å². The fourth-order valence-corrected chi connectivity index (χ4v) is 4.35. The molecule has 2 aromatic rings. The van der Waals surface area contributed by atoms with Crippen LogP contribution in [-0.4, -0.2) is 38.7 Å². The van der Waals surface area contributed by atoms with Gasteiger partial charge in [-0.15, -0.1) is 0 Å². The highest BCUT2D eigenvalue weighted by Gasteiger charge is 2.19. The van der Waals surface area contributed by atoms with Crippen LogP contribution in [0.2, 0.25) is 4.34 Å². The summed E-state index contributed by atoms with van der Waals surface area (Å²) in [6, 6.07) is 6.37. The Labute approximate surface area is 167 Å². The number of rotatable bonds is 5. The number of thiazole rings is 1. The Kier molecular flexibility index (Phi) is 6.31. The number of benzene rings is 1. The molecule has 2 heterocycles. The molecule has 1 aliphatic heterocycles. The molecule has 9 heteroatoms. The van der Waals surface area contributed by atoms with Gasteiger partial charge >= 0.3 is 0 Å². The van der Waals surface area contributed by atoms with Crippen LogP contribution in [0.1, 0.15) is 18.4 Å². The lowest BCUT2D eigenvalue weighted by Gasteiger charge is -2.21. The molecule has 1 aliphatic rings. The Balaban J connectivity index is 1.91. The molecular formula is C18H20ClN3O3S2. The normalized spacial score (nSPS) is 16.3. The highest BCUT2D eigenvalue weighted by molar-refractivity contribution is 7.90. The highest BCUT2D eigenvalue weighted by Crippen LogP contribution is 2.27. The van der Waals surface area contributed by atoms with E-state index in [2.05, 4.69) is 15.6 Å². The molecule has 0 spiro atoms. The first-order valence-electron chi connectivity index (χ1n) is 8.48. The van der Waals surface area contributed by atoms with Gasteiger partial charge in [0.2, 0.25) is 0 Å². The third-order valence-corrected chi connectivity index (χ3v) is 6.48. The van der Waals surface area contributed by atoms with Crippen LogP contribution < -0.4 is 10.6 Å². The van der Waals surface area contributed by atoms with Crippen molar-refractivity contribution in [2.24, 2.45) is 5.92 Å². The molecule has 1 aromatic heterocycles. The first-order chi connectivity index (χ1) is 12.8. The molecule has 27 heavy (non-hydrogen) atoms. The van der Waals surface area contributed by atoms with Crippen LogP contribution in [0, 0.1) is 5.92 Å². The van der Waals surface area contributed by atoms with E-state index in [1.54, 1.807) is 12.1 Å². The fourth-order valence-electron chi connectivity index (χ4n) is 2.91. The van der Waals surface area contributed by atoms with E-state index in [9.17, 15) is 13.2 Å². The van der Waals surface area contributed by atoms with Crippen molar-refractivity contribution >= 4 is 49.4 Å². The van der Waals surface area contributed by atoms with Gasteiger partial charge in [0.25, 0.3) is 5.91 Å². The number of amides is 1. The number of allylic oxidation sites excluding steroid dienone is 1. The number of anilines is 1. The summed E-state index contributed by atoms with van der Waals surface area (Å²) in [6.07, 6.45) is 6.51. The second-order valence-corrected chi connectivity index (χ2v) is 10.1. The van der Waals surface area contributed by atoms with Crippen LogP contribution in [-0.2, 0) is 14.6 Å². The zero-order valence-electron chi connectivity index (χ0n) is 14.7. The maximum absolute atomic E-state index is 12.9. The van der Waals surface area contributed by atoms with E-state index < -0.39 is 9.84 Å². The van der Waals surface area contributed by atoms with Gasteiger partial charge in [0, 0.05) is 11.8 Å². The Morgan fingerprint density at radius 2 is 1.96 bits per heavy atom. The maximum Gasteiger partial charge on any atom is 0.257 e. The van der Waals surface area contributed by atoms with Crippen LogP contribution in [0.15, 0.2) is 41.4 Å². The third-order valence-electron chi connectivity index (χ3n) is 4.32. The van der Waals surface area contributed by atoms with E-state index in [1.165, 1.54) is 29.7 Å². The second kappa shape index (κ2) is 8.52. The van der Waals surface area contributed by atoms with Crippen molar-refractivity contribution < 1.29 is 13.2 Å². The Morgan fingerprint density at radius 3 is 2.52 bits per heavy atom. The van der Waals surface area contributed by atoms with E-state index in [1.807, 2.05) is 6.08 Å². The third kappa shape index (κ3) is 5.38. The van der Waals surface area contributed by atoms with Crippen molar-refractivity contribution in [3.63, 3.8) is 0 Å². The van der Waals surface area contributed by atoms with Gasteiger partial charge in [0.05, 0.1) is 11.1 Å². The average Bonchev–Trinajstić information content (AvgIpc) is 3.04. The van der Waals surface area contributed by atoms with Gasteiger partial charge in [-0.05, 0) is 49.5 Å². The molecule has 144 valence electrons. The number of carbonyl (C=O) groups excluding carboxylic acids is 1. The zero-order chi connectivity index (χ0) is 19.4. The molecule has 1 aromatic carbocycles. The monoisotopic (exact) mass is 425 g/mol. The molecule has 0 radical (unpaired) electrons. The standard InChI is InChI=1S/C18H20ClN3O3S2/c1-27(24,25)14-4-2-13(3-5-14)15(10-12-6-8-20-9-7-12)17(23)22-18-21-11-16(19)26-18/h2-5,10-12,20H,6-9H2,1H3,(H,21,22,23). The highest BCUT2D eigenvalue weighted by atomic mass is 35.5. The second-order valence-electron chi connectivity index (χ2n) is 6.39. The van der Waals surface area contributed by atoms with E-state index in [-0.39, 0.29) is 16.7 Å². The molecule has 1 saturated heterocycles. The quantitative estimate of drug-likeness (QED) is 0.718. The number of aromatic nitrogens is 1. The molecule has 0 unspecified atom stereocenters. The van der Waals surface area contributed by atoms with E-state index >= 15 is 0 Å². The molecule has 0 saturated carbocycles. The van der Waals surface area contributed by atoms with E-state index in [0.717, 1.165) is 32.2 Å². The summed E-state index contributed by atoms with van der Waals surface area (Å²) in [5, 5.41) is 6.51. The smallest absolute Gasteiger partial charge is 0.257 e. The van der Waals surface area contributed by atoms with Crippen LogP contribution in [0.4, 0.5) is 5.13 Å². The van der Waals surface area contributed by atoms with E-state index in [0.29, 0.717) is 20.6 Å². The minimum atomic E-state index is -3.29. The topological polar surface area (TPSA) is 88.2 Å². The summed E-state index contributed by atoms with van der Waals surface area (Å²) in [5.74, 6) is -0.00637. The van der Waals surface area contributed by atoms with Crippen molar-refractivity contribution in [3.05, 3.63) is 46.4 Å². The van der Waals surface area contributed by atoms with Crippen LogP contribution in [0.5, 0.6) is 0 Å². The van der Waals surface area contributed by atoms with Gasteiger partial charge in [-0.1, -0.05) is 41.1 Å². The van der Waals surface area contributed by atoms with Gasteiger partial charge in [-0.2, -0.15) is 0 Å². The molecule has 0 aliphatic carbocycles.